The molecule has 2 nitrogen and oxygen atoms in total. The van der Waals surface area contributed by atoms with Gasteiger partial charge in [0.2, 0.25) is 0 Å². The molecule has 0 bridgehead atoms. The molecule has 78 valence electrons. The van der Waals surface area contributed by atoms with Gasteiger partial charge in [-0.15, -0.1) is 0 Å². The second-order valence-corrected chi connectivity index (χ2v) is 4.30. The van der Waals surface area contributed by atoms with Crippen molar-refractivity contribution in [1.29, 1.82) is 0 Å². The van der Waals surface area contributed by atoms with Crippen LogP contribution in [0.15, 0.2) is 24.3 Å². The molecule has 0 aliphatic heterocycles. The van der Waals surface area contributed by atoms with Gasteiger partial charge < -0.3 is 9.47 Å². The lowest BCUT2D eigenvalue weighted by atomic mass is 10.3. The number of hydrogen-bond acceptors (Lipinski definition) is 2. The Bertz CT molecular complexity index is 258. The third-order valence-electron chi connectivity index (χ3n) is 1.92. The quantitative estimate of drug-likeness (QED) is 0.778. The highest BCUT2D eigenvalue weighted by Crippen LogP contribution is 2.15. The van der Waals surface area contributed by atoms with Crippen molar-refractivity contribution < 1.29 is 9.47 Å². The molecule has 3 heteroatoms. The summed E-state index contributed by atoms with van der Waals surface area (Å²) < 4.78 is 12.0. The highest BCUT2D eigenvalue weighted by atomic mass is 127. The van der Waals surface area contributed by atoms with Gasteiger partial charge >= 0.3 is 0 Å². The summed E-state index contributed by atoms with van der Waals surface area (Å²) in [5, 5.41) is 0. The second kappa shape index (κ2) is 6.24. The molecular formula is C11H15IO2. The van der Waals surface area contributed by atoms with Gasteiger partial charge in [0.25, 0.3) is 0 Å². The van der Waals surface area contributed by atoms with Crippen LogP contribution in [0.25, 0.3) is 0 Å². The van der Waals surface area contributed by atoms with E-state index < -0.39 is 0 Å². The number of rotatable bonds is 5. The normalized spacial score (nSPS) is 12.5. The standard InChI is InChI=1S/C11H15IO2/c1-3-10(8-13-2)14-11-6-4-9(12)5-7-11/h4-7,10H,3,8H2,1-2H3. The zero-order chi connectivity index (χ0) is 10.4. The van der Waals surface area contributed by atoms with Crippen molar-refractivity contribution >= 4 is 22.6 Å². The van der Waals surface area contributed by atoms with Gasteiger partial charge in [-0.2, -0.15) is 0 Å². The summed E-state index contributed by atoms with van der Waals surface area (Å²) in [6.45, 7) is 2.73. The summed E-state index contributed by atoms with van der Waals surface area (Å²) in [5.41, 5.74) is 0. The maximum atomic E-state index is 5.73. The molecule has 0 fully saturated rings. The van der Waals surface area contributed by atoms with E-state index in [4.69, 9.17) is 9.47 Å². The Balaban J connectivity index is 2.53. The minimum Gasteiger partial charge on any atom is -0.488 e. The fourth-order valence-electron chi connectivity index (χ4n) is 1.13. The van der Waals surface area contributed by atoms with Crippen LogP contribution in [0.1, 0.15) is 13.3 Å². The summed E-state index contributed by atoms with van der Waals surface area (Å²) in [4.78, 5) is 0. The van der Waals surface area contributed by atoms with E-state index in [0.29, 0.717) is 6.61 Å². The Kier molecular flexibility index (Phi) is 5.25. The van der Waals surface area contributed by atoms with Crippen LogP contribution >= 0.6 is 22.6 Å². The Morgan fingerprint density at radius 1 is 1.29 bits per heavy atom. The number of halogens is 1. The van der Waals surface area contributed by atoms with E-state index in [2.05, 4.69) is 29.5 Å². The molecule has 0 saturated heterocycles. The van der Waals surface area contributed by atoms with Crippen molar-refractivity contribution in [3.63, 3.8) is 0 Å². The molecule has 1 atom stereocenters. The summed E-state index contributed by atoms with van der Waals surface area (Å²) in [5.74, 6) is 0.911. The third-order valence-corrected chi connectivity index (χ3v) is 2.64. The summed E-state index contributed by atoms with van der Waals surface area (Å²) in [6.07, 6.45) is 1.11. The Hall–Kier alpha value is -0.290. The predicted molar refractivity (Wildman–Crippen MR) is 65.7 cm³/mol. The van der Waals surface area contributed by atoms with Crippen LogP contribution in [-0.2, 0) is 4.74 Å². The van der Waals surface area contributed by atoms with Gasteiger partial charge in [-0.1, -0.05) is 6.92 Å². The van der Waals surface area contributed by atoms with E-state index >= 15 is 0 Å². The van der Waals surface area contributed by atoms with E-state index in [1.165, 1.54) is 3.57 Å². The molecular weight excluding hydrogens is 291 g/mol. The topological polar surface area (TPSA) is 18.5 Å². The lowest BCUT2D eigenvalue weighted by molar-refractivity contribution is 0.0788. The van der Waals surface area contributed by atoms with E-state index in [1.54, 1.807) is 7.11 Å². The van der Waals surface area contributed by atoms with Crippen LogP contribution in [0.2, 0.25) is 0 Å². The molecule has 0 aromatic heterocycles. The van der Waals surface area contributed by atoms with Crippen LogP contribution in [-0.4, -0.2) is 19.8 Å². The first-order chi connectivity index (χ1) is 6.76. The molecule has 1 unspecified atom stereocenters. The summed E-state index contributed by atoms with van der Waals surface area (Å²) in [6, 6.07) is 8.05. The average molecular weight is 306 g/mol. The van der Waals surface area contributed by atoms with Crippen LogP contribution in [0.4, 0.5) is 0 Å². The predicted octanol–water partition coefficient (Wildman–Crippen LogP) is 3.10. The molecule has 1 aromatic rings. The van der Waals surface area contributed by atoms with Gasteiger partial charge in [0.15, 0.2) is 0 Å². The van der Waals surface area contributed by atoms with Crippen LogP contribution in [0.5, 0.6) is 5.75 Å². The van der Waals surface area contributed by atoms with Crippen molar-refractivity contribution in [1.82, 2.24) is 0 Å². The van der Waals surface area contributed by atoms with E-state index in [9.17, 15) is 0 Å². The highest BCUT2D eigenvalue weighted by Gasteiger charge is 2.06. The van der Waals surface area contributed by atoms with E-state index in [0.717, 1.165) is 12.2 Å². The zero-order valence-electron chi connectivity index (χ0n) is 8.50. The Morgan fingerprint density at radius 2 is 1.93 bits per heavy atom. The molecule has 0 amide bonds. The molecule has 0 radical (unpaired) electrons. The van der Waals surface area contributed by atoms with Crippen molar-refractivity contribution in [2.45, 2.75) is 19.4 Å². The largest absolute Gasteiger partial charge is 0.488 e. The molecule has 1 rings (SSSR count). The van der Waals surface area contributed by atoms with Crippen molar-refractivity contribution in [3.05, 3.63) is 27.8 Å². The molecule has 14 heavy (non-hydrogen) atoms. The minimum atomic E-state index is 0.153. The van der Waals surface area contributed by atoms with Gasteiger partial charge in [-0.05, 0) is 53.3 Å². The fourth-order valence-corrected chi connectivity index (χ4v) is 1.49. The maximum Gasteiger partial charge on any atom is 0.122 e. The van der Waals surface area contributed by atoms with Crippen LogP contribution < -0.4 is 4.74 Å². The van der Waals surface area contributed by atoms with Crippen LogP contribution in [0, 0.1) is 3.57 Å². The molecule has 0 aliphatic carbocycles. The van der Waals surface area contributed by atoms with Gasteiger partial charge in [-0.25, -0.2) is 0 Å². The first kappa shape index (κ1) is 11.8. The monoisotopic (exact) mass is 306 g/mol. The zero-order valence-corrected chi connectivity index (χ0v) is 10.7. The Labute approximate surface area is 98.7 Å². The van der Waals surface area contributed by atoms with Crippen molar-refractivity contribution in [2.24, 2.45) is 0 Å². The number of methoxy groups -OCH3 is 1. The second-order valence-electron chi connectivity index (χ2n) is 3.06. The van der Waals surface area contributed by atoms with Gasteiger partial charge in [-0.3, -0.25) is 0 Å². The lowest BCUT2D eigenvalue weighted by Crippen LogP contribution is -2.21. The first-order valence-electron chi connectivity index (χ1n) is 4.67. The van der Waals surface area contributed by atoms with Crippen molar-refractivity contribution in [3.8, 4) is 5.75 Å². The SMILES string of the molecule is CCC(COC)Oc1ccc(I)cc1. The average Bonchev–Trinajstić information content (AvgIpc) is 2.20. The van der Waals surface area contributed by atoms with Gasteiger partial charge in [0, 0.05) is 10.7 Å². The lowest BCUT2D eigenvalue weighted by Gasteiger charge is -2.16. The molecule has 1 aromatic carbocycles. The minimum absolute atomic E-state index is 0.153. The summed E-state index contributed by atoms with van der Waals surface area (Å²) >= 11 is 2.28. The third kappa shape index (κ3) is 3.84. The van der Waals surface area contributed by atoms with E-state index in [-0.39, 0.29) is 6.10 Å². The molecule has 0 spiro atoms. The van der Waals surface area contributed by atoms with E-state index in [1.807, 2.05) is 24.3 Å². The molecule has 0 N–H and O–H groups in total. The highest BCUT2D eigenvalue weighted by molar-refractivity contribution is 14.1. The maximum absolute atomic E-state index is 5.73. The van der Waals surface area contributed by atoms with Gasteiger partial charge in [0.05, 0.1) is 6.61 Å². The number of ether oxygens (including phenoxy) is 2. The van der Waals surface area contributed by atoms with Gasteiger partial charge in [0.1, 0.15) is 11.9 Å². The Morgan fingerprint density at radius 3 is 2.43 bits per heavy atom. The molecule has 0 aliphatic rings. The molecule has 0 heterocycles. The smallest absolute Gasteiger partial charge is 0.122 e. The van der Waals surface area contributed by atoms with Crippen LogP contribution in [0.3, 0.4) is 0 Å². The van der Waals surface area contributed by atoms with Crippen molar-refractivity contribution in [2.75, 3.05) is 13.7 Å². The fraction of sp³-hybridized carbons (Fsp3) is 0.455. The number of hydrogen-bond donors (Lipinski definition) is 0. The molecule has 0 saturated carbocycles. The first-order valence-corrected chi connectivity index (χ1v) is 5.75. The summed E-state index contributed by atoms with van der Waals surface area (Å²) in [7, 11) is 1.69. The number of benzene rings is 1.